The number of fused-ring (bicyclic) bond motifs is 1. The number of nitrogens with zero attached hydrogens (tertiary/aromatic N) is 5. The molecule has 1 fully saturated rings. The van der Waals surface area contributed by atoms with Gasteiger partial charge in [0.1, 0.15) is 6.54 Å². The molecule has 3 rings (SSSR count). The largest absolute Gasteiger partial charge is 0.481 e. The van der Waals surface area contributed by atoms with Gasteiger partial charge in [-0.15, -0.1) is 0 Å². The van der Waals surface area contributed by atoms with E-state index in [9.17, 15) is 19.2 Å². The maximum Gasteiger partial charge on any atom is 0.332 e. The van der Waals surface area contributed by atoms with Crippen molar-refractivity contribution in [3.8, 4) is 0 Å². The summed E-state index contributed by atoms with van der Waals surface area (Å²) in [5.41, 5.74) is -0.734. The summed E-state index contributed by atoms with van der Waals surface area (Å²) in [5.74, 6) is -2.00. The van der Waals surface area contributed by atoms with Crippen LogP contribution in [0.2, 0.25) is 0 Å². The number of hydrogen-bond donors (Lipinski definition) is 1. The molecular formula is C14H17N5O5. The normalized spacial score (nSPS) is 17.6. The standard InChI is InChI=1S/C14H17N5O5/c1-16-7-15-11-10(16)12(21)19(14(24)17(11)2)6-9(20)18-4-3-8(5-18)13(22)23/h7-8H,3-6H2,1-2H3,(H,22,23). The Morgan fingerprint density at radius 1 is 1.33 bits per heavy atom. The van der Waals surface area contributed by atoms with E-state index < -0.39 is 35.6 Å². The first-order valence-electron chi connectivity index (χ1n) is 7.42. The highest BCUT2D eigenvalue weighted by molar-refractivity contribution is 5.79. The monoisotopic (exact) mass is 335 g/mol. The van der Waals surface area contributed by atoms with Gasteiger partial charge in [-0.3, -0.25) is 19.0 Å². The van der Waals surface area contributed by atoms with E-state index in [1.165, 1.54) is 27.4 Å². The van der Waals surface area contributed by atoms with Crippen molar-refractivity contribution >= 4 is 23.0 Å². The molecule has 1 aliphatic heterocycles. The van der Waals surface area contributed by atoms with E-state index >= 15 is 0 Å². The predicted octanol–water partition coefficient (Wildman–Crippen LogP) is -1.63. The minimum absolute atomic E-state index is 0.0944. The molecule has 1 amide bonds. The van der Waals surface area contributed by atoms with Crippen molar-refractivity contribution in [2.24, 2.45) is 20.0 Å². The molecule has 0 bridgehead atoms. The summed E-state index contributed by atoms with van der Waals surface area (Å²) in [6.45, 7) is -0.0189. The van der Waals surface area contributed by atoms with E-state index in [1.54, 1.807) is 7.05 Å². The van der Waals surface area contributed by atoms with Gasteiger partial charge in [-0.25, -0.2) is 14.3 Å². The molecule has 0 radical (unpaired) electrons. The van der Waals surface area contributed by atoms with Crippen molar-refractivity contribution in [2.75, 3.05) is 13.1 Å². The molecule has 2 aromatic heterocycles. The first-order chi connectivity index (χ1) is 11.3. The number of carbonyl (C=O) groups excluding carboxylic acids is 1. The second kappa shape index (κ2) is 5.62. The minimum Gasteiger partial charge on any atom is -0.481 e. The zero-order chi connectivity index (χ0) is 17.6. The molecule has 2 aromatic rings. The van der Waals surface area contributed by atoms with Crippen molar-refractivity contribution in [1.29, 1.82) is 0 Å². The van der Waals surface area contributed by atoms with Gasteiger partial charge < -0.3 is 14.6 Å². The number of carboxylic acid groups (broad SMARTS) is 1. The highest BCUT2D eigenvalue weighted by Gasteiger charge is 2.31. The smallest absolute Gasteiger partial charge is 0.332 e. The quantitative estimate of drug-likeness (QED) is 0.719. The molecule has 1 atom stereocenters. The Labute approximate surface area is 135 Å². The fourth-order valence-corrected chi connectivity index (χ4v) is 2.96. The first-order valence-corrected chi connectivity index (χ1v) is 7.42. The van der Waals surface area contributed by atoms with E-state index in [4.69, 9.17) is 5.11 Å². The fourth-order valence-electron chi connectivity index (χ4n) is 2.96. The lowest BCUT2D eigenvalue weighted by atomic mass is 10.1. The zero-order valence-electron chi connectivity index (χ0n) is 13.3. The maximum atomic E-state index is 12.5. The van der Waals surface area contributed by atoms with Crippen molar-refractivity contribution in [3.63, 3.8) is 0 Å². The van der Waals surface area contributed by atoms with Gasteiger partial charge in [0.25, 0.3) is 5.56 Å². The third kappa shape index (κ3) is 2.39. The first kappa shape index (κ1) is 16.0. The van der Waals surface area contributed by atoms with Crippen molar-refractivity contribution in [2.45, 2.75) is 13.0 Å². The number of imidazole rings is 1. The number of amides is 1. The van der Waals surface area contributed by atoms with E-state index in [1.807, 2.05) is 0 Å². The van der Waals surface area contributed by atoms with Crippen LogP contribution in [0.25, 0.3) is 11.2 Å². The molecule has 1 unspecified atom stereocenters. The summed E-state index contributed by atoms with van der Waals surface area (Å²) in [6, 6.07) is 0. The van der Waals surface area contributed by atoms with Crippen molar-refractivity contribution in [3.05, 3.63) is 27.2 Å². The van der Waals surface area contributed by atoms with Crippen molar-refractivity contribution in [1.82, 2.24) is 23.6 Å². The molecule has 0 spiro atoms. The van der Waals surface area contributed by atoms with Crippen LogP contribution in [0.4, 0.5) is 0 Å². The Morgan fingerprint density at radius 3 is 2.67 bits per heavy atom. The van der Waals surface area contributed by atoms with Crippen LogP contribution in [0, 0.1) is 5.92 Å². The summed E-state index contributed by atoms with van der Waals surface area (Å²) in [7, 11) is 3.11. The molecule has 10 nitrogen and oxygen atoms in total. The lowest BCUT2D eigenvalue weighted by Gasteiger charge is -2.16. The SMILES string of the molecule is Cn1cnc2c1c(=O)n(CC(=O)N1CCC(C(=O)O)C1)c(=O)n2C. The molecule has 1 N–H and O–H groups in total. The number of likely N-dealkylation sites (tertiary alicyclic amines) is 1. The van der Waals surface area contributed by atoms with Crippen LogP contribution in [0.1, 0.15) is 6.42 Å². The number of aryl methyl sites for hydroxylation is 2. The van der Waals surface area contributed by atoms with Crippen LogP contribution < -0.4 is 11.2 Å². The predicted molar refractivity (Wildman–Crippen MR) is 82.5 cm³/mol. The molecule has 0 aliphatic carbocycles. The molecule has 1 saturated heterocycles. The van der Waals surface area contributed by atoms with Crippen LogP contribution in [0.5, 0.6) is 0 Å². The highest BCUT2D eigenvalue weighted by Crippen LogP contribution is 2.16. The molecule has 1 aliphatic rings. The molecule has 0 saturated carbocycles. The van der Waals surface area contributed by atoms with Crippen LogP contribution in [-0.2, 0) is 30.2 Å². The molecule has 10 heteroatoms. The second-order valence-electron chi connectivity index (χ2n) is 5.92. The van der Waals surface area contributed by atoms with Gasteiger partial charge in [0.2, 0.25) is 5.91 Å². The number of hydrogen-bond acceptors (Lipinski definition) is 5. The number of aromatic nitrogens is 4. The summed E-state index contributed by atoms with van der Waals surface area (Å²) < 4.78 is 3.57. The topological polar surface area (TPSA) is 119 Å². The zero-order valence-corrected chi connectivity index (χ0v) is 13.3. The van der Waals surface area contributed by atoms with Gasteiger partial charge in [-0.05, 0) is 6.42 Å². The Balaban J connectivity index is 1.95. The Bertz CT molecular complexity index is 953. The van der Waals surface area contributed by atoms with Gasteiger partial charge in [0.15, 0.2) is 11.2 Å². The summed E-state index contributed by atoms with van der Waals surface area (Å²) in [5, 5.41) is 9.00. The van der Waals surface area contributed by atoms with E-state index in [0.717, 1.165) is 4.57 Å². The summed E-state index contributed by atoms with van der Waals surface area (Å²) >= 11 is 0. The number of aliphatic carboxylic acids is 1. The third-order valence-electron chi connectivity index (χ3n) is 4.38. The average molecular weight is 335 g/mol. The van der Waals surface area contributed by atoms with Crippen LogP contribution in [-0.4, -0.2) is 53.7 Å². The van der Waals surface area contributed by atoms with E-state index in [0.29, 0.717) is 13.0 Å². The van der Waals surface area contributed by atoms with Crippen LogP contribution in [0.3, 0.4) is 0 Å². The maximum absolute atomic E-state index is 12.5. The third-order valence-corrected chi connectivity index (χ3v) is 4.38. The van der Waals surface area contributed by atoms with E-state index in [2.05, 4.69) is 4.98 Å². The van der Waals surface area contributed by atoms with Gasteiger partial charge in [-0.1, -0.05) is 0 Å². The average Bonchev–Trinajstić information content (AvgIpc) is 3.16. The van der Waals surface area contributed by atoms with Crippen LogP contribution in [0.15, 0.2) is 15.9 Å². The van der Waals surface area contributed by atoms with Crippen LogP contribution >= 0.6 is 0 Å². The lowest BCUT2D eigenvalue weighted by molar-refractivity contribution is -0.141. The van der Waals surface area contributed by atoms with E-state index in [-0.39, 0.29) is 17.7 Å². The molecule has 0 aromatic carbocycles. The molecule has 3 heterocycles. The number of carboxylic acids is 1. The Morgan fingerprint density at radius 2 is 2.04 bits per heavy atom. The van der Waals surface area contributed by atoms with Gasteiger partial charge in [0.05, 0.1) is 12.2 Å². The summed E-state index contributed by atoms with van der Waals surface area (Å²) in [6.07, 6.45) is 1.80. The highest BCUT2D eigenvalue weighted by atomic mass is 16.4. The second-order valence-corrected chi connectivity index (χ2v) is 5.92. The number of carbonyl (C=O) groups is 2. The molecular weight excluding hydrogens is 318 g/mol. The molecule has 128 valence electrons. The fraction of sp³-hybridized carbons (Fsp3) is 0.500. The van der Waals surface area contributed by atoms with Gasteiger partial charge in [0, 0.05) is 27.2 Å². The molecule has 24 heavy (non-hydrogen) atoms. The van der Waals surface area contributed by atoms with Gasteiger partial charge in [-0.2, -0.15) is 0 Å². The minimum atomic E-state index is -0.949. The Hall–Kier alpha value is -2.91. The number of rotatable bonds is 3. The van der Waals surface area contributed by atoms with Gasteiger partial charge >= 0.3 is 11.7 Å². The van der Waals surface area contributed by atoms with Crippen molar-refractivity contribution < 1.29 is 14.7 Å². The Kier molecular flexibility index (Phi) is 3.74. The summed E-state index contributed by atoms with van der Waals surface area (Å²) in [4.78, 5) is 53.6. The lowest BCUT2D eigenvalue weighted by Crippen LogP contribution is -2.44.